The van der Waals surface area contributed by atoms with E-state index in [1.807, 2.05) is 32.9 Å². The summed E-state index contributed by atoms with van der Waals surface area (Å²) >= 11 is 12.1. The van der Waals surface area contributed by atoms with Gasteiger partial charge in [-0.25, -0.2) is 4.79 Å². The number of carboxylic acid groups (broad SMARTS) is 1. The second-order valence-electron chi connectivity index (χ2n) is 10.4. The Bertz CT molecular complexity index is 1530. The molecule has 3 aromatic carbocycles. The van der Waals surface area contributed by atoms with Crippen molar-refractivity contribution >= 4 is 52.4 Å². The Labute approximate surface area is 241 Å². The molecule has 0 saturated heterocycles. The van der Waals surface area contributed by atoms with Crippen LogP contribution in [-0.4, -0.2) is 38.8 Å². The van der Waals surface area contributed by atoms with Crippen LogP contribution in [0.25, 0.3) is 10.9 Å². The SMILES string of the molecule is CC(C)(C)NC(=O)[C@H](c1c(C(=O)O)[nH]c2cc(Cl)ccc12)N(C=O)Cc1ccc(OCc2ccc(Cl)cc2)cc1. The first-order valence-electron chi connectivity index (χ1n) is 12.5. The Balaban J connectivity index is 1.65. The van der Waals surface area contributed by atoms with Crippen LogP contribution in [-0.2, 0) is 22.7 Å². The Morgan fingerprint density at radius 3 is 2.23 bits per heavy atom. The van der Waals surface area contributed by atoms with E-state index in [-0.39, 0.29) is 17.8 Å². The van der Waals surface area contributed by atoms with Gasteiger partial charge in [-0.1, -0.05) is 53.5 Å². The van der Waals surface area contributed by atoms with Crippen molar-refractivity contribution in [2.75, 3.05) is 0 Å². The first-order valence-corrected chi connectivity index (χ1v) is 13.2. The minimum absolute atomic E-state index is 0.0442. The lowest BCUT2D eigenvalue weighted by atomic mass is 9.98. The number of benzene rings is 3. The maximum atomic E-state index is 13.7. The molecule has 1 heterocycles. The molecule has 0 aliphatic carbocycles. The standard InChI is InChI=1S/C30H29Cl2N3O5/c1-30(2,3)34-28(37)27(25-23-13-10-21(32)14-24(23)33-26(25)29(38)39)35(17-36)15-18-6-11-22(12-7-18)40-16-19-4-8-20(31)9-5-19/h4-14,17,27,33H,15-16H2,1-3H3,(H,34,37)(H,38,39)/t27-/m0/s1. The first kappa shape index (κ1) is 29.0. The number of carboxylic acids is 1. The molecule has 4 rings (SSSR count). The lowest BCUT2D eigenvalue weighted by molar-refractivity contribution is -0.134. The molecule has 0 unspecified atom stereocenters. The van der Waals surface area contributed by atoms with E-state index in [9.17, 15) is 19.5 Å². The molecule has 10 heteroatoms. The fourth-order valence-electron chi connectivity index (χ4n) is 4.37. The van der Waals surface area contributed by atoms with Gasteiger partial charge in [0.25, 0.3) is 0 Å². The van der Waals surface area contributed by atoms with Crippen molar-refractivity contribution in [1.29, 1.82) is 0 Å². The van der Waals surface area contributed by atoms with Crippen LogP contribution in [0.5, 0.6) is 5.75 Å². The molecule has 0 spiro atoms. The molecule has 0 bridgehead atoms. The van der Waals surface area contributed by atoms with Gasteiger partial charge in [-0.15, -0.1) is 0 Å². The van der Waals surface area contributed by atoms with Crippen LogP contribution in [0, 0.1) is 0 Å². The third-order valence-electron chi connectivity index (χ3n) is 6.11. The molecule has 0 radical (unpaired) electrons. The van der Waals surface area contributed by atoms with Gasteiger partial charge < -0.3 is 25.0 Å². The summed E-state index contributed by atoms with van der Waals surface area (Å²) in [7, 11) is 0. The number of aromatic nitrogens is 1. The first-order chi connectivity index (χ1) is 18.9. The van der Waals surface area contributed by atoms with Crippen LogP contribution in [0.3, 0.4) is 0 Å². The van der Waals surface area contributed by atoms with E-state index in [2.05, 4.69) is 10.3 Å². The summed E-state index contributed by atoms with van der Waals surface area (Å²) in [6, 6.07) is 18.1. The van der Waals surface area contributed by atoms with Gasteiger partial charge in [0.2, 0.25) is 12.3 Å². The van der Waals surface area contributed by atoms with Crippen LogP contribution in [0.1, 0.15) is 54.0 Å². The zero-order valence-electron chi connectivity index (χ0n) is 22.2. The van der Waals surface area contributed by atoms with Crippen LogP contribution >= 0.6 is 23.2 Å². The molecule has 8 nitrogen and oxygen atoms in total. The fraction of sp³-hybridized carbons (Fsp3) is 0.233. The summed E-state index contributed by atoms with van der Waals surface area (Å²) in [5.41, 5.74) is 1.48. The number of rotatable bonds is 10. The number of hydrogen-bond acceptors (Lipinski definition) is 4. The average molecular weight is 582 g/mol. The van der Waals surface area contributed by atoms with E-state index in [0.717, 1.165) is 11.1 Å². The van der Waals surface area contributed by atoms with Gasteiger partial charge in [-0.05, 0) is 68.3 Å². The van der Waals surface area contributed by atoms with Crippen molar-refractivity contribution < 1.29 is 24.2 Å². The van der Waals surface area contributed by atoms with E-state index in [1.165, 1.54) is 4.90 Å². The molecule has 0 aliphatic heterocycles. The molecule has 0 saturated carbocycles. The minimum Gasteiger partial charge on any atom is -0.489 e. The van der Waals surface area contributed by atoms with Gasteiger partial charge >= 0.3 is 5.97 Å². The Morgan fingerprint density at radius 1 is 1.00 bits per heavy atom. The number of aromatic carboxylic acids is 1. The molecule has 4 aromatic rings. The molecule has 2 amide bonds. The molecule has 40 heavy (non-hydrogen) atoms. The van der Waals surface area contributed by atoms with Crippen molar-refractivity contribution in [1.82, 2.24) is 15.2 Å². The van der Waals surface area contributed by atoms with E-state index in [4.69, 9.17) is 27.9 Å². The van der Waals surface area contributed by atoms with Crippen LogP contribution in [0.2, 0.25) is 10.0 Å². The lowest BCUT2D eigenvalue weighted by Crippen LogP contribution is -2.47. The van der Waals surface area contributed by atoms with Crippen molar-refractivity contribution in [2.45, 2.75) is 45.5 Å². The van der Waals surface area contributed by atoms with Crippen molar-refractivity contribution in [3.63, 3.8) is 0 Å². The van der Waals surface area contributed by atoms with Gasteiger partial charge in [0.1, 0.15) is 24.1 Å². The molecule has 1 aromatic heterocycles. The predicted molar refractivity (Wildman–Crippen MR) is 155 cm³/mol. The summed E-state index contributed by atoms with van der Waals surface area (Å²) < 4.78 is 5.85. The van der Waals surface area contributed by atoms with E-state index >= 15 is 0 Å². The zero-order chi connectivity index (χ0) is 29.0. The van der Waals surface area contributed by atoms with Crippen molar-refractivity contribution in [3.05, 3.63) is 99.2 Å². The molecular weight excluding hydrogens is 553 g/mol. The van der Waals surface area contributed by atoms with E-state index in [1.54, 1.807) is 54.6 Å². The smallest absolute Gasteiger partial charge is 0.352 e. The minimum atomic E-state index is -1.26. The number of nitrogens with one attached hydrogen (secondary N) is 2. The van der Waals surface area contributed by atoms with Crippen LogP contribution in [0.15, 0.2) is 66.7 Å². The summed E-state index contributed by atoms with van der Waals surface area (Å²) in [4.78, 5) is 42.5. The van der Waals surface area contributed by atoms with Crippen molar-refractivity contribution in [3.8, 4) is 5.75 Å². The highest BCUT2D eigenvalue weighted by molar-refractivity contribution is 6.31. The normalized spacial score (nSPS) is 12.1. The second-order valence-corrected chi connectivity index (χ2v) is 11.3. The van der Waals surface area contributed by atoms with Gasteiger partial charge in [0.05, 0.1) is 0 Å². The summed E-state index contributed by atoms with van der Waals surface area (Å²) in [6.45, 7) is 5.83. The monoisotopic (exact) mass is 581 g/mol. The summed E-state index contributed by atoms with van der Waals surface area (Å²) in [6.07, 6.45) is 0.554. The van der Waals surface area contributed by atoms with E-state index in [0.29, 0.717) is 39.7 Å². The summed E-state index contributed by atoms with van der Waals surface area (Å²) in [5, 5.41) is 14.4. The quantitative estimate of drug-likeness (QED) is 0.188. The van der Waals surface area contributed by atoms with Gasteiger partial charge in [-0.3, -0.25) is 9.59 Å². The number of ether oxygens (including phenoxy) is 1. The number of fused-ring (bicyclic) bond motifs is 1. The highest BCUT2D eigenvalue weighted by atomic mass is 35.5. The summed E-state index contributed by atoms with van der Waals surface area (Å²) in [5.74, 6) is -1.15. The number of aromatic amines is 1. The maximum absolute atomic E-state index is 13.7. The average Bonchev–Trinajstić information content (AvgIpc) is 3.26. The highest BCUT2D eigenvalue weighted by Crippen LogP contribution is 2.34. The number of carbonyl (C=O) groups excluding carboxylic acids is 2. The van der Waals surface area contributed by atoms with E-state index < -0.39 is 23.5 Å². The number of hydrogen-bond donors (Lipinski definition) is 3. The van der Waals surface area contributed by atoms with Gasteiger partial charge in [0, 0.05) is 38.6 Å². The number of carbonyl (C=O) groups is 3. The predicted octanol–water partition coefficient (Wildman–Crippen LogP) is 6.37. The Hall–Kier alpha value is -4.01. The zero-order valence-corrected chi connectivity index (χ0v) is 23.7. The van der Waals surface area contributed by atoms with Gasteiger partial charge in [0.15, 0.2) is 0 Å². The highest BCUT2D eigenvalue weighted by Gasteiger charge is 2.35. The van der Waals surface area contributed by atoms with Crippen LogP contribution < -0.4 is 10.1 Å². The number of amides is 2. The lowest BCUT2D eigenvalue weighted by Gasteiger charge is -2.31. The molecule has 208 valence electrons. The molecule has 1 atom stereocenters. The Kier molecular flexibility index (Phi) is 8.71. The van der Waals surface area contributed by atoms with Crippen LogP contribution in [0.4, 0.5) is 0 Å². The maximum Gasteiger partial charge on any atom is 0.352 e. The van der Waals surface area contributed by atoms with Gasteiger partial charge in [-0.2, -0.15) is 0 Å². The number of H-pyrrole nitrogens is 1. The topological polar surface area (TPSA) is 112 Å². The molecule has 0 aliphatic rings. The second kappa shape index (κ2) is 12.0. The number of nitrogens with zero attached hydrogens (tertiary/aromatic N) is 1. The largest absolute Gasteiger partial charge is 0.489 e. The van der Waals surface area contributed by atoms with Crippen molar-refractivity contribution in [2.24, 2.45) is 0 Å². The number of halogens is 2. The third-order valence-corrected chi connectivity index (χ3v) is 6.60. The molecule has 0 fully saturated rings. The Morgan fingerprint density at radius 2 is 1.62 bits per heavy atom. The molecular formula is C30H29Cl2N3O5. The molecule has 3 N–H and O–H groups in total. The fourth-order valence-corrected chi connectivity index (χ4v) is 4.67. The third kappa shape index (κ3) is 6.94.